The quantitative estimate of drug-likeness (QED) is 0.604. The molecule has 0 aliphatic heterocycles. The van der Waals surface area contributed by atoms with E-state index in [2.05, 4.69) is 30.1 Å². The second-order valence-corrected chi connectivity index (χ2v) is 9.75. The largest absolute Gasteiger partial charge is 0.459 e. The molecule has 1 aromatic heterocycles. The lowest BCUT2D eigenvalue weighted by Crippen LogP contribution is -2.37. The van der Waals surface area contributed by atoms with Gasteiger partial charge in [-0.05, 0) is 80.0 Å². The minimum Gasteiger partial charge on any atom is -0.366 e. The van der Waals surface area contributed by atoms with Gasteiger partial charge in [-0.2, -0.15) is 9.72 Å². The topological polar surface area (TPSA) is 117 Å². The van der Waals surface area contributed by atoms with Gasteiger partial charge in [0.15, 0.2) is 5.82 Å². The number of carbonyl (C=O) groups excluding carboxylic acids is 1. The Labute approximate surface area is 199 Å². The first kappa shape index (κ1) is 22.6. The maximum absolute atomic E-state index is 12.7. The van der Waals surface area contributed by atoms with Crippen LogP contribution in [0.15, 0.2) is 45.7 Å². The summed E-state index contributed by atoms with van der Waals surface area (Å²) in [5, 5.41) is 0. The Morgan fingerprint density at radius 1 is 1.09 bits per heavy atom. The summed E-state index contributed by atoms with van der Waals surface area (Å²) in [5.74, 6) is -0.412. The maximum Gasteiger partial charge on any atom is 0.459 e. The number of rotatable bonds is 5. The Kier molecular flexibility index (Phi) is 5.90. The number of aromatic nitrogens is 2. The number of aryl methyl sites for hydroxylation is 3. The first-order valence-electron chi connectivity index (χ1n) is 12.3. The zero-order chi connectivity index (χ0) is 23.9. The molecule has 178 valence electrons. The average Bonchev–Trinajstić information content (AvgIpc) is 3.18. The van der Waals surface area contributed by atoms with Crippen LogP contribution in [0.1, 0.15) is 88.6 Å². The fourth-order valence-corrected chi connectivity index (χ4v) is 6.10. The van der Waals surface area contributed by atoms with Gasteiger partial charge in [0.25, 0.3) is 0 Å². The van der Waals surface area contributed by atoms with Crippen LogP contribution in [0.25, 0.3) is 0 Å². The molecule has 2 aliphatic carbocycles. The predicted octanol–water partition coefficient (Wildman–Crippen LogP) is 3.53. The van der Waals surface area contributed by atoms with Crippen LogP contribution in [0.2, 0.25) is 0 Å². The Balaban J connectivity index is 1.84. The minimum absolute atomic E-state index is 0.0964. The molecular weight excluding hydrogens is 428 g/mol. The second kappa shape index (κ2) is 8.87. The van der Waals surface area contributed by atoms with Crippen molar-refractivity contribution in [2.24, 2.45) is 11.5 Å². The standard InChI is InChI=1S/C27H32N4O3/c1-17-7-11-22-18(15-17)8-9-19-16-20(24(29)32)10-12-23(19)27(22,13-14-28)25-30-26(33)34-31(25)21-5-3-2-4-6-21/h7,10-12,15-16,21H,2-6,8-9,13-14,28H2,1H3,(H2,29,32). The lowest BCUT2D eigenvalue weighted by Gasteiger charge is -2.37. The molecule has 1 heterocycles. The molecule has 7 heteroatoms. The van der Waals surface area contributed by atoms with Crippen molar-refractivity contribution in [3.63, 3.8) is 0 Å². The van der Waals surface area contributed by atoms with E-state index in [0.29, 0.717) is 24.4 Å². The molecule has 34 heavy (non-hydrogen) atoms. The number of fused-ring (bicyclic) bond motifs is 2. The molecule has 2 aliphatic rings. The zero-order valence-corrected chi connectivity index (χ0v) is 19.7. The molecule has 1 amide bonds. The molecule has 1 atom stereocenters. The molecule has 1 saturated carbocycles. The van der Waals surface area contributed by atoms with Crippen LogP contribution >= 0.6 is 0 Å². The highest BCUT2D eigenvalue weighted by Crippen LogP contribution is 2.47. The van der Waals surface area contributed by atoms with Crippen molar-refractivity contribution in [1.29, 1.82) is 0 Å². The number of primary amides is 1. The van der Waals surface area contributed by atoms with E-state index in [9.17, 15) is 9.59 Å². The van der Waals surface area contributed by atoms with E-state index in [4.69, 9.17) is 16.0 Å². The van der Waals surface area contributed by atoms with Gasteiger partial charge < -0.3 is 16.0 Å². The lowest BCUT2D eigenvalue weighted by molar-refractivity contribution is 0.1000. The van der Waals surface area contributed by atoms with Crippen molar-refractivity contribution in [3.8, 4) is 0 Å². The third-order valence-electron chi connectivity index (χ3n) is 7.62. The molecule has 0 radical (unpaired) electrons. The Morgan fingerprint density at radius 3 is 2.44 bits per heavy atom. The van der Waals surface area contributed by atoms with E-state index in [1.54, 1.807) is 10.8 Å². The summed E-state index contributed by atoms with van der Waals surface area (Å²) in [7, 11) is 0. The normalized spacial score (nSPS) is 20.4. The highest BCUT2D eigenvalue weighted by atomic mass is 16.5. The number of hydrogen-bond donors (Lipinski definition) is 2. The summed E-state index contributed by atoms with van der Waals surface area (Å²) in [5.41, 5.74) is 17.1. The summed E-state index contributed by atoms with van der Waals surface area (Å²) in [6.45, 7) is 2.48. The molecule has 4 N–H and O–H groups in total. The van der Waals surface area contributed by atoms with Gasteiger partial charge in [0.05, 0.1) is 11.5 Å². The predicted molar refractivity (Wildman–Crippen MR) is 130 cm³/mol. The second-order valence-electron chi connectivity index (χ2n) is 9.75. The fourth-order valence-electron chi connectivity index (χ4n) is 6.10. The van der Waals surface area contributed by atoms with Gasteiger partial charge in [0.2, 0.25) is 5.91 Å². The van der Waals surface area contributed by atoms with Crippen LogP contribution in [0.5, 0.6) is 0 Å². The molecular formula is C27H32N4O3. The third kappa shape index (κ3) is 3.68. The third-order valence-corrected chi connectivity index (χ3v) is 7.62. The SMILES string of the molecule is Cc1ccc2c(c1)CCc1cc(C(N)=O)ccc1C2(CCN)c1nc(=O)on1C1CCCCC1. The average molecular weight is 461 g/mol. The number of carbonyl (C=O) groups is 1. The molecule has 5 rings (SSSR count). The molecule has 7 nitrogen and oxygen atoms in total. The molecule has 1 fully saturated rings. The molecule has 0 saturated heterocycles. The van der Waals surface area contributed by atoms with Crippen molar-refractivity contribution < 1.29 is 9.32 Å². The summed E-state index contributed by atoms with van der Waals surface area (Å²) < 4.78 is 7.56. The van der Waals surface area contributed by atoms with Gasteiger partial charge in [-0.1, -0.05) is 49.1 Å². The van der Waals surface area contributed by atoms with E-state index in [1.165, 1.54) is 17.5 Å². The first-order chi connectivity index (χ1) is 16.4. The molecule has 0 bridgehead atoms. The van der Waals surface area contributed by atoms with E-state index in [1.807, 2.05) is 12.1 Å². The maximum atomic E-state index is 12.7. The van der Waals surface area contributed by atoms with Crippen LogP contribution in [0.3, 0.4) is 0 Å². The Morgan fingerprint density at radius 2 is 1.76 bits per heavy atom. The van der Waals surface area contributed by atoms with Crippen molar-refractivity contribution in [3.05, 3.63) is 86.2 Å². The highest BCUT2D eigenvalue weighted by Gasteiger charge is 2.46. The van der Waals surface area contributed by atoms with Gasteiger partial charge in [0.1, 0.15) is 0 Å². The van der Waals surface area contributed by atoms with Crippen LogP contribution in [0, 0.1) is 6.92 Å². The first-order valence-corrected chi connectivity index (χ1v) is 12.3. The van der Waals surface area contributed by atoms with Crippen molar-refractivity contribution in [2.45, 2.75) is 69.7 Å². The lowest BCUT2D eigenvalue weighted by atomic mass is 9.69. The number of amides is 1. The molecule has 3 aromatic rings. The van der Waals surface area contributed by atoms with E-state index in [-0.39, 0.29) is 6.04 Å². The van der Waals surface area contributed by atoms with Crippen LogP contribution in [0.4, 0.5) is 0 Å². The van der Waals surface area contributed by atoms with Gasteiger partial charge in [-0.25, -0.2) is 4.79 Å². The Bertz CT molecular complexity index is 1290. The monoisotopic (exact) mass is 460 g/mol. The van der Waals surface area contributed by atoms with E-state index < -0.39 is 17.1 Å². The minimum atomic E-state index is -0.761. The number of nitrogens with two attached hydrogens (primary N) is 2. The number of benzene rings is 2. The smallest absolute Gasteiger partial charge is 0.366 e. The number of hydrogen-bond acceptors (Lipinski definition) is 5. The molecule has 0 spiro atoms. The van der Waals surface area contributed by atoms with Crippen LogP contribution in [-0.4, -0.2) is 22.2 Å². The van der Waals surface area contributed by atoms with Gasteiger partial charge in [-0.3, -0.25) is 4.79 Å². The summed E-state index contributed by atoms with van der Waals surface area (Å²) >= 11 is 0. The zero-order valence-electron chi connectivity index (χ0n) is 19.7. The van der Waals surface area contributed by atoms with Gasteiger partial charge in [-0.15, -0.1) is 0 Å². The van der Waals surface area contributed by atoms with Crippen LogP contribution in [-0.2, 0) is 18.3 Å². The Hall–Kier alpha value is -3.19. The fraction of sp³-hybridized carbons (Fsp3) is 0.444. The van der Waals surface area contributed by atoms with E-state index in [0.717, 1.165) is 55.2 Å². The summed E-state index contributed by atoms with van der Waals surface area (Å²) in [4.78, 5) is 29.2. The molecule has 2 aromatic carbocycles. The summed E-state index contributed by atoms with van der Waals surface area (Å²) in [6, 6.07) is 12.2. The summed E-state index contributed by atoms with van der Waals surface area (Å²) in [6.07, 6.45) is 7.44. The van der Waals surface area contributed by atoms with Crippen molar-refractivity contribution >= 4 is 5.91 Å². The molecule has 1 unspecified atom stereocenters. The highest BCUT2D eigenvalue weighted by molar-refractivity contribution is 5.93. The van der Waals surface area contributed by atoms with Gasteiger partial charge >= 0.3 is 5.76 Å². The van der Waals surface area contributed by atoms with Gasteiger partial charge in [0, 0.05) is 5.56 Å². The van der Waals surface area contributed by atoms with Crippen LogP contribution < -0.4 is 17.2 Å². The van der Waals surface area contributed by atoms with Crippen molar-refractivity contribution in [2.75, 3.05) is 6.54 Å². The van der Waals surface area contributed by atoms with E-state index >= 15 is 0 Å². The number of nitrogens with zero attached hydrogens (tertiary/aromatic N) is 2. The van der Waals surface area contributed by atoms with Crippen molar-refractivity contribution in [1.82, 2.24) is 9.72 Å².